The minimum atomic E-state index is -4.04. The number of rotatable bonds is 8. The van der Waals surface area contributed by atoms with Crippen LogP contribution in [-0.4, -0.2) is 25.4 Å². The molecule has 2 aliphatic rings. The van der Waals surface area contributed by atoms with E-state index in [1.165, 1.54) is 0 Å². The number of ether oxygens (including phenoxy) is 1. The monoisotopic (exact) mass is 500 g/mol. The van der Waals surface area contributed by atoms with E-state index in [1.54, 1.807) is 24.3 Å². The zero-order valence-electron chi connectivity index (χ0n) is 21.0. The van der Waals surface area contributed by atoms with Gasteiger partial charge in [0.25, 0.3) is 0 Å². The summed E-state index contributed by atoms with van der Waals surface area (Å²) in [5.41, 5.74) is 2.95. The molecule has 3 atom stereocenters. The van der Waals surface area contributed by atoms with E-state index in [-0.39, 0.29) is 16.7 Å². The second-order valence-electron chi connectivity index (χ2n) is 10.4. The van der Waals surface area contributed by atoms with Gasteiger partial charge in [0, 0.05) is 17.4 Å². The van der Waals surface area contributed by atoms with E-state index in [4.69, 9.17) is 13.8 Å². The van der Waals surface area contributed by atoms with Crippen molar-refractivity contribution in [2.75, 3.05) is 0 Å². The van der Waals surface area contributed by atoms with E-state index in [1.807, 2.05) is 32.9 Å². The molecule has 1 fully saturated rings. The number of fused-ring (bicyclic) bond motifs is 3. The number of benzene rings is 2. The van der Waals surface area contributed by atoms with Gasteiger partial charge in [0.05, 0.1) is 0 Å². The molecule has 0 radical (unpaired) electrons. The predicted molar refractivity (Wildman–Crippen MR) is 135 cm³/mol. The number of hydrogen-bond donors (Lipinski definition) is 1. The number of hydrogen-bond acceptors (Lipinski definition) is 6. The summed E-state index contributed by atoms with van der Waals surface area (Å²) < 4.78 is 38.9. The van der Waals surface area contributed by atoms with Crippen molar-refractivity contribution >= 4 is 10.1 Å². The van der Waals surface area contributed by atoms with Gasteiger partial charge in [-0.05, 0) is 81.9 Å². The maximum absolute atomic E-state index is 13.3. The van der Waals surface area contributed by atoms with E-state index in [2.05, 4.69) is 13.5 Å². The van der Waals surface area contributed by atoms with Crippen molar-refractivity contribution in [3.8, 4) is 11.5 Å². The average molecular weight is 501 g/mol. The highest BCUT2D eigenvalue weighted by atomic mass is 32.2. The molecular weight excluding hydrogens is 464 g/mol. The third-order valence-electron chi connectivity index (χ3n) is 7.40. The summed E-state index contributed by atoms with van der Waals surface area (Å²) in [6.45, 7) is 12.2. The first-order valence-corrected chi connectivity index (χ1v) is 13.8. The highest BCUT2D eigenvalue weighted by Crippen LogP contribution is 2.56. The SMILES string of the molecule is C=C1C[C@H]2c3c(cc(CCCCC)cc3OS(=O)(=O)c3ccc(C)cc3)OC(C)(C)[C@@H]2CC1OO. The van der Waals surface area contributed by atoms with Gasteiger partial charge in [-0.15, -0.1) is 0 Å². The predicted octanol–water partition coefficient (Wildman–Crippen LogP) is 6.57. The highest BCUT2D eigenvalue weighted by molar-refractivity contribution is 7.87. The molecule has 6 nitrogen and oxygen atoms in total. The van der Waals surface area contributed by atoms with Crippen molar-refractivity contribution in [2.24, 2.45) is 5.92 Å². The van der Waals surface area contributed by atoms with Crippen LogP contribution < -0.4 is 8.92 Å². The van der Waals surface area contributed by atoms with Gasteiger partial charge in [0.1, 0.15) is 28.1 Å². The Balaban J connectivity index is 1.80. The van der Waals surface area contributed by atoms with Crippen LogP contribution in [0, 0.1) is 12.8 Å². The summed E-state index contributed by atoms with van der Waals surface area (Å²) in [7, 11) is -4.04. The largest absolute Gasteiger partial charge is 0.487 e. The molecule has 2 aromatic carbocycles. The molecule has 0 amide bonds. The second-order valence-corrected chi connectivity index (χ2v) is 12.0. The molecule has 190 valence electrons. The first-order valence-electron chi connectivity index (χ1n) is 12.4. The fourth-order valence-corrected chi connectivity index (χ4v) is 6.37. The van der Waals surface area contributed by atoms with Crippen LogP contribution in [0.4, 0.5) is 0 Å². The zero-order chi connectivity index (χ0) is 25.4. The van der Waals surface area contributed by atoms with Gasteiger partial charge in [-0.3, -0.25) is 5.26 Å². The molecular formula is C28H36O6S. The van der Waals surface area contributed by atoms with Crippen LogP contribution in [0.1, 0.15) is 75.5 Å². The van der Waals surface area contributed by atoms with Crippen LogP contribution in [0.25, 0.3) is 0 Å². The van der Waals surface area contributed by atoms with Gasteiger partial charge in [-0.2, -0.15) is 8.42 Å². The maximum Gasteiger partial charge on any atom is 0.339 e. The molecule has 1 saturated carbocycles. The minimum Gasteiger partial charge on any atom is -0.487 e. The lowest BCUT2D eigenvalue weighted by atomic mass is 9.64. The van der Waals surface area contributed by atoms with Crippen LogP contribution >= 0.6 is 0 Å². The molecule has 1 aliphatic carbocycles. The van der Waals surface area contributed by atoms with Crippen molar-refractivity contribution in [2.45, 2.75) is 88.7 Å². The van der Waals surface area contributed by atoms with E-state index in [0.717, 1.165) is 47.9 Å². The second kappa shape index (κ2) is 9.96. The lowest BCUT2D eigenvalue weighted by molar-refractivity contribution is -0.277. The Morgan fingerprint density at radius 3 is 2.54 bits per heavy atom. The molecule has 1 N–H and O–H groups in total. The van der Waals surface area contributed by atoms with Gasteiger partial charge in [0.2, 0.25) is 0 Å². The molecule has 0 bridgehead atoms. The Morgan fingerprint density at radius 1 is 1.17 bits per heavy atom. The molecule has 0 spiro atoms. The Kier molecular flexibility index (Phi) is 7.32. The Morgan fingerprint density at radius 2 is 1.89 bits per heavy atom. The van der Waals surface area contributed by atoms with Crippen LogP contribution in [0.3, 0.4) is 0 Å². The van der Waals surface area contributed by atoms with Crippen LogP contribution in [-0.2, 0) is 21.4 Å². The van der Waals surface area contributed by atoms with E-state index in [9.17, 15) is 13.7 Å². The van der Waals surface area contributed by atoms with E-state index >= 15 is 0 Å². The van der Waals surface area contributed by atoms with Crippen molar-refractivity contribution in [3.63, 3.8) is 0 Å². The Labute approximate surface area is 209 Å². The summed E-state index contributed by atoms with van der Waals surface area (Å²) in [4.78, 5) is 4.82. The lowest BCUT2D eigenvalue weighted by Gasteiger charge is -2.49. The molecule has 1 heterocycles. The third kappa shape index (κ3) is 5.27. The van der Waals surface area contributed by atoms with Crippen LogP contribution in [0.15, 0.2) is 53.4 Å². The van der Waals surface area contributed by atoms with Gasteiger partial charge < -0.3 is 8.92 Å². The molecule has 2 aromatic rings. The minimum absolute atomic E-state index is 0.0204. The maximum atomic E-state index is 13.3. The fourth-order valence-electron chi connectivity index (χ4n) is 5.43. The first-order chi connectivity index (χ1) is 16.6. The van der Waals surface area contributed by atoms with Crippen LogP contribution in [0.5, 0.6) is 11.5 Å². The quantitative estimate of drug-likeness (QED) is 0.145. The average Bonchev–Trinajstić information content (AvgIpc) is 2.78. The normalized spacial score (nSPS) is 23.2. The van der Waals surface area contributed by atoms with E-state index in [0.29, 0.717) is 24.3 Å². The highest BCUT2D eigenvalue weighted by Gasteiger charge is 2.49. The van der Waals surface area contributed by atoms with Crippen LogP contribution in [0.2, 0.25) is 0 Å². The summed E-state index contributed by atoms with van der Waals surface area (Å²) in [6, 6.07) is 10.5. The summed E-state index contributed by atoms with van der Waals surface area (Å²) in [6.07, 6.45) is 4.60. The molecule has 4 rings (SSSR count). The third-order valence-corrected chi connectivity index (χ3v) is 8.65. The van der Waals surface area contributed by atoms with Gasteiger partial charge in [-0.1, -0.05) is 44.0 Å². The molecule has 35 heavy (non-hydrogen) atoms. The Hall–Kier alpha value is -2.35. The number of aryl methyl sites for hydroxylation is 2. The Bertz CT molecular complexity index is 1180. The van der Waals surface area contributed by atoms with Gasteiger partial charge in [-0.25, -0.2) is 4.89 Å². The molecule has 1 aliphatic heterocycles. The smallest absolute Gasteiger partial charge is 0.339 e. The molecule has 0 saturated heterocycles. The lowest BCUT2D eigenvalue weighted by Crippen LogP contribution is -2.49. The molecule has 1 unspecified atom stereocenters. The summed E-state index contributed by atoms with van der Waals surface area (Å²) in [5, 5.41) is 9.40. The van der Waals surface area contributed by atoms with Crippen molar-refractivity contribution in [3.05, 3.63) is 65.2 Å². The summed E-state index contributed by atoms with van der Waals surface area (Å²) in [5.74, 6) is 0.889. The van der Waals surface area contributed by atoms with Crippen molar-refractivity contribution in [1.29, 1.82) is 0 Å². The fraction of sp³-hybridized carbons (Fsp3) is 0.500. The van der Waals surface area contributed by atoms with Crippen molar-refractivity contribution < 1.29 is 27.5 Å². The van der Waals surface area contributed by atoms with Gasteiger partial charge >= 0.3 is 10.1 Å². The topological polar surface area (TPSA) is 82.1 Å². The van der Waals surface area contributed by atoms with E-state index < -0.39 is 21.8 Å². The molecule has 0 aromatic heterocycles. The first kappa shape index (κ1) is 25.7. The summed E-state index contributed by atoms with van der Waals surface area (Å²) >= 11 is 0. The zero-order valence-corrected chi connectivity index (χ0v) is 21.9. The van der Waals surface area contributed by atoms with Crippen molar-refractivity contribution in [1.82, 2.24) is 0 Å². The standard InChI is InChI=1S/C28H36O6S/c1-6-7-8-9-20-15-25-27(22-14-19(3)24(33-29)17-23(22)28(4,5)32-25)26(16-20)34-35(30,31)21-12-10-18(2)11-13-21/h10-13,15-16,22-24,29H,3,6-9,14,17H2,1-2,4-5H3/t22-,23-,24?/m1/s1. The molecule has 7 heteroatoms. The van der Waals surface area contributed by atoms with Gasteiger partial charge in [0.15, 0.2) is 0 Å². The number of unbranched alkanes of at least 4 members (excludes halogenated alkanes) is 2.